The number of carbonyl (C=O) groups excluding carboxylic acids is 1. The quantitative estimate of drug-likeness (QED) is 0.498. The molecule has 0 saturated heterocycles. The molecule has 30 heavy (non-hydrogen) atoms. The summed E-state index contributed by atoms with van der Waals surface area (Å²) in [6.07, 6.45) is 0.802. The van der Waals surface area contributed by atoms with Gasteiger partial charge in [0.1, 0.15) is 18.1 Å². The van der Waals surface area contributed by atoms with Crippen LogP contribution in [0.4, 0.5) is 0 Å². The van der Waals surface area contributed by atoms with Crippen molar-refractivity contribution in [2.75, 3.05) is 0 Å². The highest BCUT2D eigenvalue weighted by atomic mass is 16.5. The molecule has 1 heterocycles. The van der Waals surface area contributed by atoms with Gasteiger partial charge in [-0.25, -0.2) is 0 Å². The van der Waals surface area contributed by atoms with Gasteiger partial charge in [0, 0.05) is 0 Å². The fraction of sp³-hybridized carbons (Fsp3) is 0.346. The zero-order valence-electron chi connectivity index (χ0n) is 18.5. The number of nitrogens with one attached hydrogen (secondary N) is 1. The number of rotatable bonds is 7. The Kier molecular flexibility index (Phi) is 6.66. The predicted octanol–water partition coefficient (Wildman–Crippen LogP) is 6.35. The minimum absolute atomic E-state index is 0.0516. The monoisotopic (exact) mass is 405 g/mol. The Morgan fingerprint density at radius 3 is 2.27 bits per heavy atom. The van der Waals surface area contributed by atoms with E-state index in [-0.39, 0.29) is 24.0 Å². The van der Waals surface area contributed by atoms with Gasteiger partial charge in [0.15, 0.2) is 5.76 Å². The average molecular weight is 406 g/mol. The molecule has 0 aliphatic heterocycles. The van der Waals surface area contributed by atoms with Crippen LogP contribution < -0.4 is 10.1 Å². The average Bonchev–Trinajstić information content (AvgIpc) is 3.20. The summed E-state index contributed by atoms with van der Waals surface area (Å²) in [4.78, 5) is 12.6. The summed E-state index contributed by atoms with van der Waals surface area (Å²) in [6.45, 7) is 10.9. The molecule has 0 aliphatic carbocycles. The fourth-order valence-electron chi connectivity index (χ4n) is 3.23. The third-order valence-corrected chi connectivity index (χ3v) is 5.18. The van der Waals surface area contributed by atoms with Gasteiger partial charge in [-0.3, -0.25) is 4.79 Å². The van der Waals surface area contributed by atoms with Crippen molar-refractivity contribution in [1.82, 2.24) is 5.32 Å². The first-order valence-corrected chi connectivity index (χ1v) is 10.5. The maximum atomic E-state index is 12.6. The van der Waals surface area contributed by atoms with Gasteiger partial charge in [-0.15, -0.1) is 0 Å². The van der Waals surface area contributed by atoms with Gasteiger partial charge in [0.05, 0.1) is 6.04 Å². The van der Waals surface area contributed by atoms with E-state index in [1.54, 1.807) is 12.1 Å². The summed E-state index contributed by atoms with van der Waals surface area (Å²) in [7, 11) is 0. The van der Waals surface area contributed by atoms with Crippen molar-refractivity contribution in [3.63, 3.8) is 0 Å². The molecule has 0 saturated carbocycles. The highest BCUT2D eigenvalue weighted by Gasteiger charge is 2.17. The lowest BCUT2D eigenvalue weighted by Gasteiger charge is -2.19. The van der Waals surface area contributed by atoms with Crippen LogP contribution in [0.5, 0.6) is 5.75 Å². The molecule has 0 fully saturated rings. The molecule has 4 heteroatoms. The molecule has 0 bridgehead atoms. The molecule has 1 atom stereocenters. The van der Waals surface area contributed by atoms with Crippen LogP contribution in [0.1, 0.15) is 73.2 Å². The van der Waals surface area contributed by atoms with Crippen molar-refractivity contribution in [1.29, 1.82) is 0 Å². The van der Waals surface area contributed by atoms with Gasteiger partial charge in [0.2, 0.25) is 0 Å². The minimum Gasteiger partial charge on any atom is -0.486 e. The van der Waals surface area contributed by atoms with Crippen LogP contribution in [0.15, 0.2) is 65.1 Å². The van der Waals surface area contributed by atoms with Gasteiger partial charge < -0.3 is 14.5 Å². The molecule has 1 aromatic heterocycles. The Balaban J connectivity index is 1.58. The molecule has 1 unspecified atom stereocenters. The standard InChI is InChI=1S/C26H31NO3/c1-6-23(19-9-7-18(2)8-10-19)27-25(28)24-16-15-22(30-24)17-29-21-13-11-20(12-14-21)26(3,4)5/h7-16,23H,6,17H2,1-5H3,(H,27,28). The molecule has 158 valence electrons. The Hall–Kier alpha value is -3.01. The second-order valence-corrected chi connectivity index (χ2v) is 8.67. The van der Waals surface area contributed by atoms with Crippen LogP contribution in [-0.4, -0.2) is 5.91 Å². The van der Waals surface area contributed by atoms with Crippen molar-refractivity contribution in [3.05, 3.63) is 88.9 Å². The van der Waals surface area contributed by atoms with Crippen LogP contribution in [0.3, 0.4) is 0 Å². The van der Waals surface area contributed by atoms with E-state index in [0.29, 0.717) is 11.5 Å². The van der Waals surface area contributed by atoms with E-state index in [9.17, 15) is 4.79 Å². The number of ether oxygens (including phenoxy) is 1. The number of amides is 1. The molecule has 0 spiro atoms. The Bertz CT molecular complexity index is 963. The third-order valence-electron chi connectivity index (χ3n) is 5.18. The van der Waals surface area contributed by atoms with E-state index < -0.39 is 0 Å². The number of hydrogen-bond acceptors (Lipinski definition) is 3. The number of hydrogen-bond donors (Lipinski definition) is 1. The van der Waals surface area contributed by atoms with E-state index >= 15 is 0 Å². The van der Waals surface area contributed by atoms with E-state index in [1.807, 2.05) is 12.1 Å². The molecule has 1 amide bonds. The maximum absolute atomic E-state index is 12.6. The van der Waals surface area contributed by atoms with Crippen LogP contribution in [0.2, 0.25) is 0 Å². The molecule has 3 rings (SSSR count). The van der Waals surface area contributed by atoms with Gasteiger partial charge in [-0.1, -0.05) is 69.7 Å². The summed E-state index contributed by atoms with van der Waals surface area (Å²) >= 11 is 0. The second kappa shape index (κ2) is 9.21. The van der Waals surface area contributed by atoms with E-state index in [2.05, 4.69) is 76.3 Å². The number of aryl methyl sites for hydroxylation is 1. The summed E-state index contributed by atoms with van der Waals surface area (Å²) in [5, 5.41) is 3.05. The summed E-state index contributed by atoms with van der Waals surface area (Å²) in [5.74, 6) is 1.46. The lowest BCUT2D eigenvalue weighted by atomic mass is 9.87. The van der Waals surface area contributed by atoms with E-state index in [1.165, 1.54) is 11.1 Å². The first kappa shape index (κ1) is 21.7. The zero-order valence-corrected chi connectivity index (χ0v) is 18.5. The van der Waals surface area contributed by atoms with Crippen molar-refractivity contribution in [2.45, 2.75) is 59.1 Å². The molecule has 2 aromatic carbocycles. The number of benzene rings is 2. The van der Waals surface area contributed by atoms with Crippen LogP contribution in [0, 0.1) is 6.92 Å². The molecule has 0 aliphatic rings. The Morgan fingerprint density at radius 2 is 1.67 bits per heavy atom. The highest BCUT2D eigenvalue weighted by molar-refractivity contribution is 5.91. The van der Waals surface area contributed by atoms with Gasteiger partial charge in [-0.2, -0.15) is 0 Å². The molecular formula is C26H31NO3. The third kappa shape index (κ3) is 5.53. The first-order valence-electron chi connectivity index (χ1n) is 10.5. The summed E-state index contributed by atoms with van der Waals surface area (Å²) in [5.41, 5.74) is 3.65. The SMILES string of the molecule is CCC(NC(=O)c1ccc(COc2ccc(C(C)(C)C)cc2)o1)c1ccc(C)cc1. The molecule has 0 radical (unpaired) electrons. The minimum atomic E-state index is -0.219. The van der Waals surface area contributed by atoms with Crippen LogP contribution >= 0.6 is 0 Å². The largest absolute Gasteiger partial charge is 0.486 e. The number of carbonyl (C=O) groups is 1. The predicted molar refractivity (Wildman–Crippen MR) is 120 cm³/mol. The van der Waals surface area contributed by atoms with Crippen molar-refractivity contribution < 1.29 is 13.9 Å². The highest BCUT2D eigenvalue weighted by Crippen LogP contribution is 2.25. The molecule has 3 aromatic rings. The summed E-state index contributed by atoms with van der Waals surface area (Å²) < 4.78 is 11.5. The molecular weight excluding hydrogens is 374 g/mol. The first-order chi connectivity index (χ1) is 14.3. The van der Waals surface area contributed by atoms with Gasteiger partial charge >= 0.3 is 0 Å². The van der Waals surface area contributed by atoms with Gasteiger partial charge in [0.25, 0.3) is 5.91 Å². The van der Waals surface area contributed by atoms with Crippen molar-refractivity contribution in [2.24, 2.45) is 0 Å². The molecule has 4 nitrogen and oxygen atoms in total. The van der Waals surface area contributed by atoms with E-state index in [4.69, 9.17) is 9.15 Å². The second-order valence-electron chi connectivity index (χ2n) is 8.67. The Labute approximate surface area is 179 Å². The van der Waals surface area contributed by atoms with Crippen LogP contribution in [-0.2, 0) is 12.0 Å². The lowest BCUT2D eigenvalue weighted by Crippen LogP contribution is -2.27. The number of furan rings is 1. The topological polar surface area (TPSA) is 51.5 Å². The fourth-order valence-corrected chi connectivity index (χ4v) is 3.23. The normalized spacial score (nSPS) is 12.4. The van der Waals surface area contributed by atoms with Crippen molar-refractivity contribution in [3.8, 4) is 5.75 Å². The zero-order chi connectivity index (χ0) is 21.7. The lowest BCUT2D eigenvalue weighted by molar-refractivity contribution is 0.0903. The Morgan fingerprint density at radius 1 is 1.00 bits per heavy atom. The smallest absolute Gasteiger partial charge is 0.287 e. The maximum Gasteiger partial charge on any atom is 0.287 e. The summed E-state index contributed by atoms with van der Waals surface area (Å²) in [6, 6.07) is 19.7. The van der Waals surface area contributed by atoms with Gasteiger partial charge in [-0.05, 0) is 54.2 Å². The van der Waals surface area contributed by atoms with Crippen LogP contribution in [0.25, 0.3) is 0 Å². The van der Waals surface area contributed by atoms with Crippen molar-refractivity contribution >= 4 is 5.91 Å². The van der Waals surface area contributed by atoms with E-state index in [0.717, 1.165) is 17.7 Å². The molecule has 1 N–H and O–H groups in total.